The summed E-state index contributed by atoms with van der Waals surface area (Å²) in [4.78, 5) is 9.95. The first-order chi connectivity index (χ1) is 13.3. The molecule has 0 atom stereocenters. The van der Waals surface area contributed by atoms with E-state index in [4.69, 9.17) is 11.6 Å². The van der Waals surface area contributed by atoms with Crippen LogP contribution in [0.25, 0.3) is 32.1 Å². The molecule has 130 valence electrons. The summed E-state index contributed by atoms with van der Waals surface area (Å²) >= 11 is 7.67. The van der Waals surface area contributed by atoms with Crippen molar-refractivity contribution in [2.24, 2.45) is 0 Å². The summed E-state index contributed by atoms with van der Waals surface area (Å²) < 4.78 is 0. The van der Waals surface area contributed by atoms with E-state index >= 15 is 0 Å². The van der Waals surface area contributed by atoms with Crippen molar-refractivity contribution in [2.45, 2.75) is 0 Å². The number of hydrogen-bond acceptors (Lipinski definition) is 4. The van der Waals surface area contributed by atoms with Crippen molar-refractivity contribution in [1.82, 2.24) is 9.97 Å². The van der Waals surface area contributed by atoms with Crippen LogP contribution in [0.15, 0.2) is 78.4 Å². The smallest absolute Gasteiger partial charge is 0.143 e. The number of hydrogen-bond donors (Lipinski definition) is 1. The molecule has 0 aliphatic heterocycles. The van der Waals surface area contributed by atoms with Crippen LogP contribution in [0.5, 0.6) is 0 Å². The van der Waals surface area contributed by atoms with E-state index in [1.165, 1.54) is 5.39 Å². The Morgan fingerprint density at radius 2 is 1.67 bits per heavy atom. The Bertz CT molecular complexity index is 1260. The Morgan fingerprint density at radius 3 is 2.56 bits per heavy atom. The number of nitrogens with one attached hydrogen (secondary N) is 1. The summed E-state index contributed by atoms with van der Waals surface area (Å²) in [6.07, 6.45) is 1.61. The highest BCUT2D eigenvalue weighted by molar-refractivity contribution is 7.17. The van der Waals surface area contributed by atoms with Crippen molar-refractivity contribution in [3.63, 3.8) is 0 Å². The van der Waals surface area contributed by atoms with Gasteiger partial charge in [0, 0.05) is 27.0 Å². The Balaban J connectivity index is 1.67. The SMILES string of the molecule is Clc1ccc(-c2csc3ncnc(Nc4cccc5ccccc45)c23)cc1. The van der Waals surface area contributed by atoms with Gasteiger partial charge in [-0.05, 0) is 29.1 Å². The first kappa shape index (κ1) is 16.2. The lowest BCUT2D eigenvalue weighted by Crippen LogP contribution is -1.96. The van der Waals surface area contributed by atoms with Gasteiger partial charge in [-0.25, -0.2) is 9.97 Å². The van der Waals surface area contributed by atoms with Crippen LogP contribution in [-0.2, 0) is 0 Å². The second-order valence-corrected chi connectivity index (χ2v) is 7.50. The average molecular weight is 388 g/mol. The van der Waals surface area contributed by atoms with E-state index in [0.29, 0.717) is 0 Å². The van der Waals surface area contributed by atoms with Gasteiger partial charge in [0.25, 0.3) is 0 Å². The van der Waals surface area contributed by atoms with Crippen LogP contribution in [0.4, 0.5) is 11.5 Å². The first-order valence-electron chi connectivity index (χ1n) is 8.52. The number of anilines is 2. The fourth-order valence-electron chi connectivity index (χ4n) is 3.27. The number of thiophene rings is 1. The number of halogens is 1. The summed E-state index contributed by atoms with van der Waals surface area (Å²) in [5, 5.41) is 9.75. The molecule has 0 saturated heterocycles. The van der Waals surface area contributed by atoms with Crippen LogP contribution < -0.4 is 5.32 Å². The third kappa shape index (κ3) is 2.93. The van der Waals surface area contributed by atoms with Gasteiger partial charge in [0.15, 0.2) is 0 Å². The van der Waals surface area contributed by atoms with E-state index < -0.39 is 0 Å². The molecule has 0 unspecified atom stereocenters. The van der Waals surface area contributed by atoms with Gasteiger partial charge in [-0.3, -0.25) is 0 Å². The summed E-state index contributed by atoms with van der Waals surface area (Å²) in [5.74, 6) is 0.808. The monoisotopic (exact) mass is 387 g/mol. The zero-order valence-corrected chi connectivity index (χ0v) is 15.8. The molecule has 3 nitrogen and oxygen atoms in total. The van der Waals surface area contributed by atoms with Gasteiger partial charge >= 0.3 is 0 Å². The number of fused-ring (bicyclic) bond motifs is 2. The maximum absolute atomic E-state index is 6.05. The fraction of sp³-hybridized carbons (Fsp3) is 0. The van der Waals surface area contributed by atoms with Gasteiger partial charge in [-0.2, -0.15) is 0 Å². The minimum Gasteiger partial charge on any atom is -0.339 e. The lowest BCUT2D eigenvalue weighted by molar-refractivity contribution is 1.23. The summed E-state index contributed by atoms with van der Waals surface area (Å²) in [7, 11) is 0. The van der Waals surface area contributed by atoms with Crippen molar-refractivity contribution < 1.29 is 0 Å². The van der Waals surface area contributed by atoms with Crippen LogP contribution >= 0.6 is 22.9 Å². The molecule has 3 aromatic carbocycles. The molecule has 0 aliphatic rings. The molecule has 0 aliphatic carbocycles. The van der Waals surface area contributed by atoms with Gasteiger partial charge in [-0.1, -0.05) is 60.1 Å². The molecule has 5 rings (SSSR count). The predicted molar refractivity (Wildman–Crippen MR) is 115 cm³/mol. The third-order valence-electron chi connectivity index (χ3n) is 4.57. The Hall–Kier alpha value is -2.95. The molecule has 1 N–H and O–H groups in total. The molecule has 0 bridgehead atoms. The Kier molecular flexibility index (Phi) is 4.00. The number of nitrogens with zero attached hydrogens (tertiary/aromatic N) is 2. The fourth-order valence-corrected chi connectivity index (χ4v) is 4.32. The number of aromatic nitrogens is 2. The number of benzene rings is 3. The van der Waals surface area contributed by atoms with E-state index in [0.717, 1.165) is 43.3 Å². The second-order valence-electron chi connectivity index (χ2n) is 6.21. The first-order valence-corrected chi connectivity index (χ1v) is 9.78. The molecule has 2 aromatic heterocycles. The molecule has 0 fully saturated rings. The standard InChI is InChI=1S/C22H14ClN3S/c23-16-10-8-15(9-11-16)18-12-27-22-20(18)21(24-13-25-22)26-19-7-3-5-14-4-1-2-6-17(14)19/h1-13H,(H,24,25,26). The summed E-state index contributed by atoms with van der Waals surface area (Å²) in [5.41, 5.74) is 3.23. The molecular weight excluding hydrogens is 374 g/mol. The molecule has 2 heterocycles. The minimum absolute atomic E-state index is 0.726. The summed E-state index contributed by atoms with van der Waals surface area (Å²) in [6, 6.07) is 22.4. The largest absolute Gasteiger partial charge is 0.339 e. The molecule has 0 saturated carbocycles. The zero-order chi connectivity index (χ0) is 18.2. The van der Waals surface area contributed by atoms with E-state index in [2.05, 4.69) is 51.0 Å². The Morgan fingerprint density at radius 1 is 0.852 bits per heavy atom. The molecule has 5 aromatic rings. The van der Waals surface area contributed by atoms with Crippen LogP contribution in [0.1, 0.15) is 0 Å². The van der Waals surface area contributed by atoms with E-state index in [1.54, 1.807) is 17.7 Å². The maximum Gasteiger partial charge on any atom is 0.143 e. The Labute approximate surface area is 165 Å². The van der Waals surface area contributed by atoms with Crippen molar-refractivity contribution in [1.29, 1.82) is 0 Å². The average Bonchev–Trinajstić information content (AvgIpc) is 3.14. The van der Waals surface area contributed by atoms with Gasteiger partial charge in [0.1, 0.15) is 17.0 Å². The van der Waals surface area contributed by atoms with E-state index in [-0.39, 0.29) is 0 Å². The molecule has 0 spiro atoms. The van der Waals surface area contributed by atoms with Crippen LogP contribution in [-0.4, -0.2) is 9.97 Å². The van der Waals surface area contributed by atoms with Crippen molar-refractivity contribution in [3.8, 4) is 11.1 Å². The lowest BCUT2D eigenvalue weighted by atomic mass is 10.1. The van der Waals surface area contributed by atoms with E-state index in [9.17, 15) is 0 Å². The predicted octanol–water partition coefficient (Wildman–Crippen LogP) is 6.91. The molecule has 0 amide bonds. The highest BCUT2D eigenvalue weighted by atomic mass is 35.5. The zero-order valence-electron chi connectivity index (χ0n) is 14.2. The van der Waals surface area contributed by atoms with E-state index in [1.807, 2.05) is 36.4 Å². The highest BCUT2D eigenvalue weighted by Crippen LogP contribution is 2.38. The topological polar surface area (TPSA) is 37.8 Å². The van der Waals surface area contributed by atoms with Crippen molar-refractivity contribution in [3.05, 3.63) is 83.5 Å². The quantitative estimate of drug-likeness (QED) is 0.365. The lowest BCUT2D eigenvalue weighted by Gasteiger charge is -2.11. The van der Waals surface area contributed by atoms with Crippen molar-refractivity contribution in [2.75, 3.05) is 5.32 Å². The van der Waals surface area contributed by atoms with Crippen LogP contribution in [0.3, 0.4) is 0 Å². The molecule has 5 heteroatoms. The maximum atomic E-state index is 6.05. The van der Waals surface area contributed by atoms with Crippen LogP contribution in [0, 0.1) is 0 Å². The van der Waals surface area contributed by atoms with Crippen LogP contribution in [0.2, 0.25) is 5.02 Å². The molecule has 27 heavy (non-hydrogen) atoms. The second kappa shape index (κ2) is 6.65. The van der Waals surface area contributed by atoms with Gasteiger partial charge in [0.05, 0.1) is 5.39 Å². The minimum atomic E-state index is 0.726. The number of rotatable bonds is 3. The molecular formula is C22H14ClN3S. The molecule has 0 radical (unpaired) electrons. The van der Waals surface area contributed by atoms with Gasteiger partial charge in [0.2, 0.25) is 0 Å². The third-order valence-corrected chi connectivity index (χ3v) is 5.71. The highest BCUT2D eigenvalue weighted by Gasteiger charge is 2.14. The summed E-state index contributed by atoms with van der Waals surface area (Å²) in [6.45, 7) is 0. The van der Waals surface area contributed by atoms with Gasteiger partial charge < -0.3 is 5.32 Å². The van der Waals surface area contributed by atoms with Gasteiger partial charge in [-0.15, -0.1) is 11.3 Å². The van der Waals surface area contributed by atoms with Crippen molar-refractivity contribution >= 4 is 55.4 Å². The normalized spacial score (nSPS) is 11.1.